The van der Waals surface area contributed by atoms with Gasteiger partial charge in [0.05, 0.1) is 12.2 Å². The monoisotopic (exact) mass is 290 g/mol. The Balaban J connectivity index is 1.81. The van der Waals surface area contributed by atoms with Crippen LogP contribution in [-0.2, 0) is 4.74 Å². The average Bonchev–Trinajstić information content (AvgIpc) is 2.37. The Morgan fingerprint density at radius 3 is 2.86 bits per heavy atom. The van der Waals surface area contributed by atoms with E-state index in [9.17, 15) is 0 Å². The molecule has 0 bridgehead atoms. The van der Waals surface area contributed by atoms with Crippen LogP contribution in [0.2, 0.25) is 0 Å². The second-order valence-corrected chi connectivity index (χ2v) is 7.88. The van der Waals surface area contributed by atoms with Crippen LogP contribution in [0.15, 0.2) is 23.8 Å². The zero-order valence-electron chi connectivity index (χ0n) is 14.5. The van der Waals surface area contributed by atoms with Crippen molar-refractivity contribution < 1.29 is 4.74 Å². The summed E-state index contributed by atoms with van der Waals surface area (Å²) in [5, 5.41) is 0. The highest BCUT2D eigenvalue weighted by atomic mass is 16.5. The molecule has 120 valence electrons. The van der Waals surface area contributed by atoms with E-state index in [1.807, 2.05) is 0 Å². The van der Waals surface area contributed by atoms with Crippen LogP contribution >= 0.6 is 0 Å². The molecule has 1 aliphatic heterocycles. The summed E-state index contributed by atoms with van der Waals surface area (Å²) in [6.45, 7) is 13.5. The summed E-state index contributed by atoms with van der Waals surface area (Å²) in [5.74, 6) is 2.22. The SMILES string of the molecule is C=C1C[C@@H](C[C@@H](C)CCC=C(C)C)O[C@@H]2C[C@@H](C)CC[C@@H]12. The highest BCUT2D eigenvalue weighted by molar-refractivity contribution is 5.10. The number of allylic oxidation sites excluding steroid dienone is 2. The lowest BCUT2D eigenvalue weighted by Crippen LogP contribution is -2.40. The van der Waals surface area contributed by atoms with Gasteiger partial charge in [0.1, 0.15) is 0 Å². The fourth-order valence-electron chi connectivity index (χ4n) is 4.05. The van der Waals surface area contributed by atoms with Crippen molar-refractivity contribution in [2.75, 3.05) is 0 Å². The van der Waals surface area contributed by atoms with Gasteiger partial charge in [0, 0.05) is 5.92 Å². The molecule has 0 aromatic rings. The van der Waals surface area contributed by atoms with Crippen LogP contribution in [0.4, 0.5) is 0 Å². The second kappa shape index (κ2) is 7.63. The Kier molecular flexibility index (Phi) is 6.10. The molecule has 1 aliphatic carbocycles. The van der Waals surface area contributed by atoms with Crippen molar-refractivity contribution in [1.82, 2.24) is 0 Å². The average molecular weight is 290 g/mol. The standard InChI is InChI=1S/C20H34O/c1-14(2)7-6-8-15(3)11-18-13-17(5)19-10-9-16(4)12-20(19)21-18/h7,15-16,18-20H,5-6,8-13H2,1-4H3/t15-,16-,18+,19-,20+/m0/s1. The number of hydrogen-bond donors (Lipinski definition) is 0. The van der Waals surface area contributed by atoms with Gasteiger partial charge in [-0.3, -0.25) is 0 Å². The second-order valence-electron chi connectivity index (χ2n) is 7.88. The molecule has 2 rings (SSSR count). The molecule has 0 unspecified atom stereocenters. The molecule has 0 amide bonds. The highest BCUT2D eigenvalue weighted by Crippen LogP contribution is 2.41. The maximum Gasteiger partial charge on any atom is 0.0646 e. The Hall–Kier alpha value is -0.560. The van der Waals surface area contributed by atoms with E-state index in [1.54, 1.807) is 0 Å². The van der Waals surface area contributed by atoms with E-state index < -0.39 is 0 Å². The Labute approximate surface area is 131 Å². The van der Waals surface area contributed by atoms with E-state index >= 15 is 0 Å². The minimum atomic E-state index is 0.422. The third kappa shape index (κ3) is 4.98. The van der Waals surface area contributed by atoms with E-state index in [2.05, 4.69) is 40.3 Å². The number of hydrogen-bond acceptors (Lipinski definition) is 1. The minimum Gasteiger partial charge on any atom is -0.374 e. The first-order chi connectivity index (χ1) is 9.95. The normalized spacial score (nSPS) is 34.2. The predicted octanol–water partition coefficient (Wildman–Crippen LogP) is 5.91. The molecule has 0 aromatic carbocycles. The van der Waals surface area contributed by atoms with Crippen molar-refractivity contribution in [3.63, 3.8) is 0 Å². The molecule has 2 fully saturated rings. The summed E-state index contributed by atoms with van der Waals surface area (Å²) >= 11 is 0. The van der Waals surface area contributed by atoms with Gasteiger partial charge >= 0.3 is 0 Å². The summed E-state index contributed by atoms with van der Waals surface area (Å²) in [6, 6.07) is 0. The smallest absolute Gasteiger partial charge is 0.0646 e. The lowest BCUT2D eigenvalue weighted by Gasteiger charge is -2.43. The van der Waals surface area contributed by atoms with Gasteiger partial charge in [0.25, 0.3) is 0 Å². The van der Waals surface area contributed by atoms with Gasteiger partial charge in [-0.1, -0.05) is 37.6 Å². The Bertz CT molecular complexity index is 377. The molecule has 1 heteroatoms. The van der Waals surface area contributed by atoms with Crippen LogP contribution in [0.3, 0.4) is 0 Å². The van der Waals surface area contributed by atoms with Crippen molar-refractivity contribution in [2.45, 2.75) is 84.8 Å². The molecule has 1 saturated carbocycles. The molecule has 1 nitrogen and oxygen atoms in total. The summed E-state index contributed by atoms with van der Waals surface area (Å²) in [6.07, 6.45) is 11.9. The summed E-state index contributed by atoms with van der Waals surface area (Å²) in [5.41, 5.74) is 2.91. The van der Waals surface area contributed by atoms with Gasteiger partial charge in [0.2, 0.25) is 0 Å². The molecule has 5 atom stereocenters. The summed E-state index contributed by atoms with van der Waals surface area (Å²) in [4.78, 5) is 0. The Morgan fingerprint density at radius 2 is 2.14 bits per heavy atom. The fraction of sp³-hybridized carbons (Fsp3) is 0.800. The molecule has 2 aliphatic rings. The number of ether oxygens (including phenoxy) is 1. The van der Waals surface area contributed by atoms with E-state index in [0.717, 1.165) is 18.3 Å². The molecule has 0 radical (unpaired) electrons. The maximum absolute atomic E-state index is 6.45. The maximum atomic E-state index is 6.45. The number of fused-ring (bicyclic) bond motifs is 1. The van der Waals surface area contributed by atoms with E-state index in [4.69, 9.17) is 4.74 Å². The van der Waals surface area contributed by atoms with Crippen molar-refractivity contribution >= 4 is 0 Å². The zero-order chi connectivity index (χ0) is 15.4. The van der Waals surface area contributed by atoms with Crippen LogP contribution in [-0.4, -0.2) is 12.2 Å². The third-order valence-electron chi connectivity index (χ3n) is 5.31. The van der Waals surface area contributed by atoms with Crippen LogP contribution in [0, 0.1) is 17.8 Å². The fourth-order valence-corrected chi connectivity index (χ4v) is 4.05. The highest BCUT2D eigenvalue weighted by Gasteiger charge is 2.37. The van der Waals surface area contributed by atoms with Crippen LogP contribution in [0.5, 0.6) is 0 Å². The molecular formula is C20H34O. The molecule has 1 heterocycles. The van der Waals surface area contributed by atoms with E-state index in [-0.39, 0.29) is 0 Å². The largest absolute Gasteiger partial charge is 0.374 e. The third-order valence-corrected chi connectivity index (χ3v) is 5.31. The Morgan fingerprint density at radius 1 is 1.38 bits per heavy atom. The van der Waals surface area contributed by atoms with E-state index in [1.165, 1.54) is 49.7 Å². The predicted molar refractivity (Wildman–Crippen MR) is 91.4 cm³/mol. The molecular weight excluding hydrogens is 256 g/mol. The van der Waals surface area contributed by atoms with Gasteiger partial charge in [-0.2, -0.15) is 0 Å². The number of rotatable bonds is 5. The first kappa shape index (κ1) is 16.8. The van der Waals surface area contributed by atoms with Gasteiger partial charge in [-0.05, 0) is 70.6 Å². The van der Waals surface area contributed by atoms with Crippen LogP contribution < -0.4 is 0 Å². The first-order valence-electron chi connectivity index (χ1n) is 8.92. The zero-order valence-corrected chi connectivity index (χ0v) is 14.5. The van der Waals surface area contributed by atoms with Crippen molar-refractivity contribution in [2.24, 2.45) is 17.8 Å². The van der Waals surface area contributed by atoms with Gasteiger partial charge in [-0.25, -0.2) is 0 Å². The van der Waals surface area contributed by atoms with E-state index in [0.29, 0.717) is 18.1 Å². The minimum absolute atomic E-state index is 0.422. The lowest BCUT2D eigenvalue weighted by atomic mass is 9.74. The van der Waals surface area contributed by atoms with Crippen LogP contribution in [0.1, 0.15) is 72.6 Å². The topological polar surface area (TPSA) is 9.23 Å². The molecule has 0 aromatic heterocycles. The quantitative estimate of drug-likeness (QED) is 0.572. The first-order valence-corrected chi connectivity index (χ1v) is 8.92. The van der Waals surface area contributed by atoms with Crippen molar-refractivity contribution in [3.8, 4) is 0 Å². The molecule has 0 spiro atoms. The van der Waals surface area contributed by atoms with Crippen molar-refractivity contribution in [1.29, 1.82) is 0 Å². The van der Waals surface area contributed by atoms with Gasteiger partial charge in [-0.15, -0.1) is 0 Å². The molecule has 0 N–H and O–H groups in total. The molecule has 1 saturated heterocycles. The molecule has 21 heavy (non-hydrogen) atoms. The summed E-state index contributed by atoms with van der Waals surface area (Å²) in [7, 11) is 0. The van der Waals surface area contributed by atoms with Gasteiger partial charge < -0.3 is 4.74 Å². The van der Waals surface area contributed by atoms with Crippen molar-refractivity contribution in [3.05, 3.63) is 23.8 Å². The lowest BCUT2D eigenvalue weighted by molar-refractivity contribution is -0.0906. The summed E-state index contributed by atoms with van der Waals surface area (Å²) < 4.78 is 6.45. The van der Waals surface area contributed by atoms with Crippen LogP contribution in [0.25, 0.3) is 0 Å². The van der Waals surface area contributed by atoms with Gasteiger partial charge in [0.15, 0.2) is 0 Å².